The highest BCUT2D eigenvalue weighted by molar-refractivity contribution is 14.0. The van der Waals surface area contributed by atoms with E-state index < -0.39 is 0 Å². The molecule has 1 aromatic rings. The first kappa shape index (κ1) is 24.2. The molecular formula is C20H37IN4. The molecule has 0 bridgehead atoms. The zero-order chi connectivity index (χ0) is 17.8. The molecule has 0 heterocycles. The molecule has 0 aliphatic rings. The van der Waals surface area contributed by atoms with Gasteiger partial charge in [0.15, 0.2) is 5.96 Å². The van der Waals surface area contributed by atoms with Gasteiger partial charge < -0.3 is 15.5 Å². The van der Waals surface area contributed by atoms with E-state index in [4.69, 9.17) is 0 Å². The first-order valence-corrected chi connectivity index (χ1v) is 9.18. The highest BCUT2D eigenvalue weighted by atomic mass is 127. The van der Waals surface area contributed by atoms with Crippen molar-refractivity contribution < 1.29 is 0 Å². The Morgan fingerprint density at radius 1 is 1.00 bits per heavy atom. The number of aryl methyl sites for hydroxylation is 2. The Kier molecular flexibility index (Phi) is 13.9. The highest BCUT2D eigenvalue weighted by Crippen LogP contribution is 2.10. The van der Waals surface area contributed by atoms with Gasteiger partial charge in [-0.25, -0.2) is 0 Å². The SMILES string of the molecule is CN=C(NCCCCCCCN(C)C)NCc1ccc(C)cc1C.I. The Labute approximate surface area is 171 Å². The summed E-state index contributed by atoms with van der Waals surface area (Å²) in [5.74, 6) is 0.891. The fourth-order valence-corrected chi connectivity index (χ4v) is 2.73. The fourth-order valence-electron chi connectivity index (χ4n) is 2.73. The highest BCUT2D eigenvalue weighted by Gasteiger charge is 2.01. The fraction of sp³-hybridized carbons (Fsp3) is 0.650. The van der Waals surface area contributed by atoms with Crippen LogP contribution in [0.3, 0.4) is 0 Å². The van der Waals surface area contributed by atoms with Crippen molar-refractivity contribution in [1.82, 2.24) is 15.5 Å². The Hall–Kier alpha value is -0.820. The summed E-state index contributed by atoms with van der Waals surface area (Å²) in [7, 11) is 6.11. The molecule has 0 aliphatic carbocycles. The van der Waals surface area contributed by atoms with Crippen molar-refractivity contribution in [2.24, 2.45) is 4.99 Å². The number of hydrogen-bond donors (Lipinski definition) is 2. The molecule has 0 saturated carbocycles. The van der Waals surface area contributed by atoms with Gasteiger partial charge in [-0.1, -0.05) is 43.0 Å². The lowest BCUT2D eigenvalue weighted by Gasteiger charge is -2.13. The summed E-state index contributed by atoms with van der Waals surface area (Å²) in [6, 6.07) is 6.58. The van der Waals surface area contributed by atoms with Gasteiger partial charge in [-0.15, -0.1) is 24.0 Å². The first-order valence-electron chi connectivity index (χ1n) is 9.18. The molecule has 0 saturated heterocycles. The summed E-state index contributed by atoms with van der Waals surface area (Å²) in [4.78, 5) is 6.56. The average molecular weight is 460 g/mol. The van der Waals surface area contributed by atoms with Crippen LogP contribution in [0.2, 0.25) is 0 Å². The molecule has 1 rings (SSSR count). The van der Waals surface area contributed by atoms with E-state index >= 15 is 0 Å². The molecular weight excluding hydrogens is 423 g/mol. The molecule has 0 unspecified atom stereocenters. The Bertz CT molecular complexity index is 500. The van der Waals surface area contributed by atoms with E-state index in [-0.39, 0.29) is 24.0 Å². The predicted molar refractivity (Wildman–Crippen MR) is 121 cm³/mol. The van der Waals surface area contributed by atoms with E-state index in [1.165, 1.54) is 55.3 Å². The lowest BCUT2D eigenvalue weighted by atomic mass is 10.1. The molecule has 4 nitrogen and oxygen atoms in total. The van der Waals surface area contributed by atoms with E-state index in [1.807, 2.05) is 7.05 Å². The van der Waals surface area contributed by atoms with Gasteiger partial charge in [-0.3, -0.25) is 4.99 Å². The number of nitrogens with zero attached hydrogens (tertiary/aromatic N) is 2. The van der Waals surface area contributed by atoms with Crippen LogP contribution in [0.4, 0.5) is 0 Å². The molecule has 0 radical (unpaired) electrons. The first-order chi connectivity index (χ1) is 11.5. The maximum Gasteiger partial charge on any atom is 0.191 e. The van der Waals surface area contributed by atoms with Crippen LogP contribution in [-0.2, 0) is 6.54 Å². The van der Waals surface area contributed by atoms with E-state index in [0.717, 1.165) is 19.0 Å². The number of halogens is 1. The molecule has 5 heteroatoms. The third-order valence-electron chi connectivity index (χ3n) is 4.24. The van der Waals surface area contributed by atoms with Crippen molar-refractivity contribution in [3.63, 3.8) is 0 Å². The van der Waals surface area contributed by atoms with E-state index in [9.17, 15) is 0 Å². The molecule has 0 aromatic heterocycles. The van der Waals surface area contributed by atoms with Gasteiger partial charge >= 0.3 is 0 Å². The summed E-state index contributed by atoms with van der Waals surface area (Å²) in [5, 5.41) is 6.81. The third kappa shape index (κ3) is 11.4. The molecule has 0 spiro atoms. The molecule has 1 aromatic carbocycles. The van der Waals surface area contributed by atoms with Crippen molar-refractivity contribution in [3.8, 4) is 0 Å². The summed E-state index contributed by atoms with van der Waals surface area (Å²) in [6.07, 6.45) is 6.45. The van der Waals surface area contributed by atoms with Gasteiger partial charge in [0.2, 0.25) is 0 Å². The second kappa shape index (κ2) is 14.4. The Morgan fingerprint density at radius 2 is 1.68 bits per heavy atom. The van der Waals surface area contributed by atoms with Crippen LogP contribution in [0.25, 0.3) is 0 Å². The second-order valence-corrected chi connectivity index (χ2v) is 6.85. The molecule has 0 atom stereocenters. The number of hydrogen-bond acceptors (Lipinski definition) is 2. The quantitative estimate of drug-likeness (QED) is 0.239. The molecule has 2 N–H and O–H groups in total. The minimum absolute atomic E-state index is 0. The van der Waals surface area contributed by atoms with Gasteiger partial charge in [-0.05, 0) is 58.5 Å². The van der Waals surface area contributed by atoms with Gasteiger partial charge in [0, 0.05) is 20.1 Å². The lowest BCUT2D eigenvalue weighted by Crippen LogP contribution is -2.37. The number of benzene rings is 1. The summed E-state index contributed by atoms with van der Waals surface area (Å²) in [6.45, 7) is 7.30. The molecule has 25 heavy (non-hydrogen) atoms. The van der Waals surface area contributed by atoms with E-state index in [1.54, 1.807) is 0 Å². The normalized spacial score (nSPS) is 11.4. The van der Waals surface area contributed by atoms with Crippen LogP contribution in [0, 0.1) is 13.8 Å². The van der Waals surface area contributed by atoms with Gasteiger partial charge in [0.05, 0.1) is 0 Å². The van der Waals surface area contributed by atoms with Crippen LogP contribution in [-0.4, -0.2) is 45.1 Å². The topological polar surface area (TPSA) is 39.7 Å². The number of rotatable bonds is 10. The van der Waals surface area contributed by atoms with Gasteiger partial charge in [-0.2, -0.15) is 0 Å². The molecule has 0 fully saturated rings. The average Bonchev–Trinajstić information content (AvgIpc) is 2.54. The molecule has 0 aliphatic heterocycles. The van der Waals surface area contributed by atoms with Crippen LogP contribution >= 0.6 is 24.0 Å². The monoisotopic (exact) mass is 460 g/mol. The molecule has 144 valence electrons. The zero-order valence-corrected chi connectivity index (χ0v) is 19.0. The minimum Gasteiger partial charge on any atom is -0.356 e. The number of nitrogens with one attached hydrogen (secondary N) is 2. The van der Waals surface area contributed by atoms with Crippen LogP contribution in [0.1, 0.15) is 48.8 Å². The van der Waals surface area contributed by atoms with Crippen LogP contribution < -0.4 is 10.6 Å². The smallest absolute Gasteiger partial charge is 0.191 e. The standard InChI is InChI=1S/C20H36N4.HI/c1-17-11-12-19(18(2)15-17)16-23-20(21-3)22-13-9-7-6-8-10-14-24(4)5;/h11-12,15H,6-10,13-14,16H2,1-5H3,(H2,21,22,23);1H. The zero-order valence-electron chi connectivity index (χ0n) is 16.7. The van der Waals surface area contributed by atoms with Gasteiger partial charge in [0.25, 0.3) is 0 Å². The summed E-state index contributed by atoms with van der Waals surface area (Å²) < 4.78 is 0. The minimum atomic E-state index is 0. The number of aliphatic imine (C=N–C) groups is 1. The van der Waals surface area contributed by atoms with Crippen LogP contribution in [0.15, 0.2) is 23.2 Å². The maximum atomic E-state index is 4.31. The van der Waals surface area contributed by atoms with Crippen molar-refractivity contribution in [1.29, 1.82) is 0 Å². The Morgan fingerprint density at radius 3 is 2.32 bits per heavy atom. The van der Waals surface area contributed by atoms with E-state index in [0.29, 0.717) is 0 Å². The van der Waals surface area contributed by atoms with Crippen LogP contribution in [0.5, 0.6) is 0 Å². The lowest BCUT2D eigenvalue weighted by molar-refractivity contribution is 0.389. The summed E-state index contributed by atoms with van der Waals surface area (Å²) >= 11 is 0. The van der Waals surface area contributed by atoms with Crippen molar-refractivity contribution >= 4 is 29.9 Å². The van der Waals surface area contributed by atoms with Crippen molar-refractivity contribution in [2.45, 2.75) is 52.5 Å². The van der Waals surface area contributed by atoms with Gasteiger partial charge in [0.1, 0.15) is 0 Å². The number of unbranched alkanes of at least 4 members (excludes halogenated alkanes) is 4. The van der Waals surface area contributed by atoms with Crippen molar-refractivity contribution in [2.75, 3.05) is 34.2 Å². The third-order valence-corrected chi connectivity index (χ3v) is 4.24. The largest absolute Gasteiger partial charge is 0.356 e. The Balaban J connectivity index is 0.00000576. The summed E-state index contributed by atoms with van der Waals surface area (Å²) in [5.41, 5.74) is 3.96. The van der Waals surface area contributed by atoms with E-state index in [2.05, 4.69) is 66.7 Å². The predicted octanol–water partition coefficient (Wildman–Crippen LogP) is 4.10. The maximum absolute atomic E-state index is 4.31. The molecule has 0 amide bonds. The number of guanidine groups is 1. The van der Waals surface area contributed by atoms with Crippen molar-refractivity contribution in [3.05, 3.63) is 34.9 Å². The second-order valence-electron chi connectivity index (χ2n) is 6.85.